The van der Waals surface area contributed by atoms with Crippen LogP contribution in [0.4, 0.5) is 11.4 Å². The summed E-state index contributed by atoms with van der Waals surface area (Å²) in [5.41, 5.74) is -0.138. The molecule has 3 heterocycles. The Morgan fingerprint density at radius 3 is 2.34 bits per heavy atom. The maximum Gasteiger partial charge on any atom is 0.253 e. The normalized spacial score (nSPS) is 27.7. The molecule has 44 heavy (non-hydrogen) atoms. The summed E-state index contributed by atoms with van der Waals surface area (Å²) in [6.45, 7) is 11.8. The average molecular weight is 685 g/mol. The summed E-state index contributed by atoms with van der Waals surface area (Å²) in [7, 11) is 0. The first-order valence-electron chi connectivity index (χ1n) is 15.0. The average Bonchev–Trinajstić information content (AvgIpc) is 3.61. The zero-order chi connectivity index (χ0) is 31.8. The van der Waals surface area contributed by atoms with Crippen molar-refractivity contribution in [3.05, 3.63) is 84.9 Å². The highest BCUT2D eigenvalue weighted by molar-refractivity contribution is 9.09. The van der Waals surface area contributed by atoms with Gasteiger partial charge in [0.1, 0.15) is 11.6 Å². The fraction of sp³-hybridized carbons (Fsp3) is 0.441. The summed E-state index contributed by atoms with van der Waals surface area (Å²) >= 11 is 10.3. The fourth-order valence-corrected chi connectivity index (χ4v) is 8.52. The molecule has 3 aliphatic heterocycles. The molecule has 2 aromatic rings. The van der Waals surface area contributed by atoms with Gasteiger partial charge in [0.15, 0.2) is 0 Å². The van der Waals surface area contributed by atoms with E-state index < -0.39 is 41.5 Å². The van der Waals surface area contributed by atoms with Gasteiger partial charge in [-0.15, -0.1) is 13.2 Å². The summed E-state index contributed by atoms with van der Waals surface area (Å²) in [5, 5.41) is 11.0. The predicted molar refractivity (Wildman–Crippen MR) is 176 cm³/mol. The Morgan fingerprint density at radius 1 is 1.09 bits per heavy atom. The number of aliphatic hydroxyl groups excluding tert-OH is 1. The van der Waals surface area contributed by atoms with Gasteiger partial charge < -0.3 is 24.5 Å². The van der Waals surface area contributed by atoms with Gasteiger partial charge in [-0.25, -0.2) is 0 Å². The number of hydrogen-bond acceptors (Lipinski definition) is 5. The second kappa shape index (κ2) is 13.2. The van der Waals surface area contributed by atoms with E-state index in [1.165, 1.54) is 9.80 Å². The summed E-state index contributed by atoms with van der Waals surface area (Å²) < 4.78 is 6.75. The van der Waals surface area contributed by atoms with Crippen molar-refractivity contribution in [3.8, 4) is 0 Å². The topological polar surface area (TPSA) is 90.4 Å². The largest absolute Gasteiger partial charge is 0.394 e. The number of likely N-dealkylation sites (tertiary alicyclic amines) is 1. The van der Waals surface area contributed by atoms with Gasteiger partial charge in [0.25, 0.3) is 5.91 Å². The Morgan fingerprint density at radius 2 is 1.73 bits per heavy atom. The second-order valence-corrected chi connectivity index (χ2v) is 13.7. The van der Waals surface area contributed by atoms with Crippen molar-refractivity contribution in [1.82, 2.24) is 4.90 Å². The van der Waals surface area contributed by atoms with E-state index in [2.05, 4.69) is 29.1 Å². The Balaban J connectivity index is 1.64. The number of alkyl halides is 1. The van der Waals surface area contributed by atoms with Gasteiger partial charge in [0.2, 0.25) is 11.8 Å². The molecule has 8 nitrogen and oxygen atoms in total. The number of anilines is 2. The van der Waals surface area contributed by atoms with Gasteiger partial charge in [-0.05, 0) is 43.0 Å². The van der Waals surface area contributed by atoms with E-state index in [1.54, 1.807) is 41.3 Å². The molecule has 234 valence electrons. The maximum absolute atomic E-state index is 14.9. The summed E-state index contributed by atoms with van der Waals surface area (Å²) in [4.78, 5) is 48.4. The van der Waals surface area contributed by atoms with Crippen molar-refractivity contribution in [2.24, 2.45) is 17.8 Å². The maximum atomic E-state index is 14.9. The Hall–Kier alpha value is -2.98. The number of fused-ring (bicyclic) bond motifs is 1. The number of para-hydroxylation sites is 2. The molecule has 2 aromatic carbocycles. The van der Waals surface area contributed by atoms with E-state index in [0.29, 0.717) is 29.2 Å². The molecular weight excluding hydrogens is 646 g/mol. The third-order valence-corrected chi connectivity index (χ3v) is 10.1. The molecule has 3 saturated heterocycles. The highest BCUT2D eigenvalue weighted by Crippen LogP contribution is 2.61. The smallest absolute Gasteiger partial charge is 0.253 e. The van der Waals surface area contributed by atoms with Crippen LogP contribution in [0, 0.1) is 17.8 Å². The van der Waals surface area contributed by atoms with E-state index >= 15 is 0 Å². The lowest BCUT2D eigenvalue weighted by Crippen LogP contribution is -2.59. The van der Waals surface area contributed by atoms with Crippen molar-refractivity contribution in [1.29, 1.82) is 0 Å². The molecule has 3 amide bonds. The summed E-state index contributed by atoms with van der Waals surface area (Å²) in [6.07, 6.45) is 3.44. The Labute approximate surface area is 272 Å². The number of aliphatic hydroxyl groups is 1. The van der Waals surface area contributed by atoms with Gasteiger partial charge in [-0.2, -0.15) is 0 Å². The van der Waals surface area contributed by atoms with Crippen LogP contribution in [-0.2, 0) is 19.1 Å². The molecule has 1 N–H and O–H groups in total. The van der Waals surface area contributed by atoms with Gasteiger partial charge in [0.05, 0.1) is 41.3 Å². The van der Waals surface area contributed by atoms with Crippen LogP contribution in [0.1, 0.15) is 26.7 Å². The van der Waals surface area contributed by atoms with Crippen molar-refractivity contribution in [2.75, 3.05) is 29.5 Å². The molecule has 1 spiro atoms. The van der Waals surface area contributed by atoms with Gasteiger partial charge in [0, 0.05) is 23.6 Å². The number of nitrogens with zero attached hydrogens (tertiary/aromatic N) is 3. The number of carbonyl (C=O) groups is 3. The van der Waals surface area contributed by atoms with Crippen LogP contribution >= 0.6 is 27.5 Å². The molecule has 5 rings (SSSR count). The van der Waals surface area contributed by atoms with E-state index in [9.17, 15) is 19.5 Å². The summed E-state index contributed by atoms with van der Waals surface area (Å²) in [5.74, 6) is -2.66. The third kappa shape index (κ3) is 5.42. The zero-order valence-corrected chi connectivity index (χ0v) is 27.4. The first-order chi connectivity index (χ1) is 21.1. The minimum Gasteiger partial charge on any atom is -0.394 e. The molecule has 0 radical (unpaired) electrons. The Kier molecular flexibility index (Phi) is 9.70. The molecule has 3 aliphatic rings. The standard InChI is InChI=1S/C34H39BrClN3O5/c1-5-16-37(22-12-8-7-9-13-22)31(41)27-28-32(42)39(23(20-40)18-21(3)4)30(34(28)19-24(35)29(27)44-34)33(43)38(17-6-2)26-15-11-10-14-25(26)36/h5-15,21,23-24,27-30,40H,1-2,16-20H2,3-4H3/t23-,24?,27+,28+,29+,30?,34?/m1/s1. The third-order valence-electron chi connectivity index (χ3n) is 8.96. The number of benzene rings is 2. The fourth-order valence-electron chi connectivity index (χ4n) is 7.34. The lowest BCUT2D eigenvalue weighted by molar-refractivity contribution is -0.144. The monoisotopic (exact) mass is 683 g/mol. The number of hydrogen-bond donors (Lipinski definition) is 1. The molecule has 3 unspecified atom stereocenters. The van der Waals surface area contributed by atoms with Crippen LogP contribution in [0.5, 0.6) is 0 Å². The van der Waals surface area contributed by atoms with Crippen LogP contribution in [0.2, 0.25) is 5.02 Å². The number of rotatable bonds is 12. The van der Waals surface area contributed by atoms with E-state index in [0.717, 1.165) is 0 Å². The van der Waals surface area contributed by atoms with Crippen LogP contribution in [0.15, 0.2) is 79.9 Å². The molecular formula is C34H39BrClN3O5. The SMILES string of the molecule is C=CCN(C(=O)[C@H]1[C@H]2C(=O)N([C@@H](CO)CC(C)C)C(C(=O)N(CC=C)c3ccccc3Cl)C23CC(Br)[C@@H]1O3)c1ccccc1. The van der Waals surface area contributed by atoms with Crippen molar-refractivity contribution >= 4 is 56.6 Å². The van der Waals surface area contributed by atoms with Gasteiger partial charge in [-0.3, -0.25) is 14.4 Å². The van der Waals surface area contributed by atoms with E-state index in [-0.39, 0.29) is 42.3 Å². The lowest BCUT2D eigenvalue weighted by atomic mass is 9.70. The first kappa shape index (κ1) is 32.4. The van der Waals surface area contributed by atoms with Crippen LogP contribution in [0.25, 0.3) is 0 Å². The zero-order valence-electron chi connectivity index (χ0n) is 25.0. The van der Waals surface area contributed by atoms with Crippen molar-refractivity contribution in [2.45, 2.75) is 55.3 Å². The van der Waals surface area contributed by atoms with E-state index in [4.69, 9.17) is 16.3 Å². The molecule has 10 heteroatoms. The minimum absolute atomic E-state index is 0.126. The number of halogens is 2. The number of ether oxygens (including phenoxy) is 1. The van der Waals surface area contributed by atoms with E-state index in [1.807, 2.05) is 44.2 Å². The lowest BCUT2D eigenvalue weighted by Gasteiger charge is -2.40. The minimum atomic E-state index is -1.30. The number of amides is 3. The van der Waals surface area contributed by atoms with Crippen molar-refractivity contribution in [3.63, 3.8) is 0 Å². The second-order valence-electron chi connectivity index (χ2n) is 12.1. The molecule has 0 aliphatic carbocycles. The van der Waals surface area contributed by atoms with Gasteiger partial charge in [-0.1, -0.05) is 83.9 Å². The molecule has 3 fully saturated rings. The molecule has 0 saturated carbocycles. The van der Waals surface area contributed by atoms with Gasteiger partial charge >= 0.3 is 0 Å². The predicted octanol–water partition coefficient (Wildman–Crippen LogP) is 5.23. The van der Waals surface area contributed by atoms with Crippen LogP contribution < -0.4 is 9.80 Å². The molecule has 7 atom stereocenters. The molecule has 2 bridgehead atoms. The Bertz CT molecular complexity index is 1420. The van der Waals surface area contributed by atoms with Crippen LogP contribution in [-0.4, -0.2) is 76.0 Å². The first-order valence-corrected chi connectivity index (χ1v) is 16.3. The quantitative estimate of drug-likeness (QED) is 0.244. The van der Waals surface area contributed by atoms with Crippen molar-refractivity contribution < 1.29 is 24.2 Å². The van der Waals surface area contributed by atoms with Crippen LogP contribution in [0.3, 0.4) is 0 Å². The highest BCUT2D eigenvalue weighted by atomic mass is 79.9. The highest BCUT2D eigenvalue weighted by Gasteiger charge is 2.77. The molecule has 0 aromatic heterocycles. The number of carbonyl (C=O) groups excluding carboxylic acids is 3. The summed E-state index contributed by atoms with van der Waals surface area (Å²) in [6, 6.07) is 14.5.